The highest BCUT2D eigenvalue weighted by atomic mass is 79.9. The van der Waals surface area contributed by atoms with E-state index in [-0.39, 0.29) is 10.9 Å². The van der Waals surface area contributed by atoms with E-state index in [0.29, 0.717) is 16.1 Å². The number of amides is 1. The standard InChI is InChI=1S/C13H11BrN2OS2/c1-7-6-10(19-11(7)14)13(17)16-9-5-3-2-4-8(9)12(15)18/h2-6H,1H3,(H2,15,18)(H,16,17). The summed E-state index contributed by atoms with van der Waals surface area (Å²) in [6.07, 6.45) is 0. The van der Waals surface area contributed by atoms with Crippen LogP contribution in [0.1, 0.15) is 20.8 Å². The highest BCUT2D eigenvalue weighted by molar-refractivity contribution is 9.11. The zero-order valence-corrected chi connectivity index (χ0v) is 13.3. The minimum atomic E-state index is -0.164. The number of benzene rings is 1. The van der Waals surface area contributed by atoms with Crippen LogP contribution in [0.3, 0.4) is 0 Å². The fraction of sp³-hybridized carbons (Fsp3) is 0.0769. The first-order valence-corrected chi connectivity index (χ1v) is 7.47. The Morgan fingerprint density at radius 1 is 1.42 bits per heavy atom. The van der Waals surface area contributed by atoms with Gasteiger partial charge in [-0.05, 0) is 46.6 Å². The fourth-order valence-corrected chi connectivity index (χ4v) is 3.17. The van der Waals surface area contributed by atoms with Gasteiger partial charge in [-0.25, -0.2) is 0 Å². The van der Waals surface area contributed by atoms with Gasteiger partial charge in [-0.3, -0.25) is 4.79 Å². The zero-order chi connectivity index (χ0) is 14.0. The van der Waals surface area contributed by atoms with Crippen molar-refractivity contribution >= 4 is 56.1 Å². The van der Waals surface area contributed by atoms with Crippen LogP contribution in [0.15, 0.2) is 34.1 Å². The third kappa shape index (κ3) is 3.20. The minimum absolute atomic E-state index is 0.164. The molecule has 1 aromatic heterocycles. The van der Waals surface area contributed by atoms with Gasteiger partial charge in [0.25, 0.3) is 5.91 Å². The Labute approximate surface area is 129 Å². The lowest BCUT2D eigenvalue weighted by Gasteiger charge is -2.08. The summed E-state index contributed by atoms with van der Waals surface area (Å²) in [5, 5.41) is 2.83. The largest absolute Gasteiger partial charge is 0.389 e. The molecule has 0 fully saturated rings. The molecule has 98 valence electrons. The third-order valence-electron chi connectivity index (χ3n) is 2.52. The van der Waals surface area contributed by atoms with Gasteiger partial charge in [-0.15, -0.1) is 11.3 Å². The van der Waals surface area contributed by atoms with E-state index < -0.39 is 0 Å². The number of hydrogen-bond acceptors (Lipinski definition) is 3. The number of carbonyl (C=O) groups is 1. The Kier molecular flexibility index (Phi) is 4.34. The Bertz CT molecular complexity index is 632. The molecule has 1 aromatic carbocycles. The van der Waals surface area contributed by atoms with Crippen LogP contribution < -0.4 is 11.1 Å². The number of thiocarbonyl (C=S) groups is 1. The second kappa shape index (κ2) is 5.81. The van der Waals surface area contributed by atoms with Crippen LogP contribution in [0, 0.1) is 6.92 Å². The topological polar surface area (TPSA) is 55.1 Å². The zero-order valence-electron chi connectivity index (χ0n) is 10.1. The summed E-state index contributed by atoms with van der Waals surface area (Å²) in [6.45, 7) is 1.94. The van der Waals surface area contributed by atoms with Crippen molar-refractivity contribution in [1.82, 2.24) is 0 Å². The summed E-state index contributed by atoms with van der Waals surface area (Å²) in [4.78, 5) is 13.1. The summed E-state index contributed by atoms with van der Waals surface area (Å²) in [5.74, 6) is -0.164. The maximum absolute atomic E-state index is 12.1. The number of rotatable bonds is 3. The van der Waals surface area contributed by atoms with Crippen molar-refractivity contribution in [3.05, 3.63) is 50.1 Å². The highest BCUT2D eigenvalue weighted by Crippen LogP contribution is 2.28. The molecule has 0 unspecified atom stereocenters. The molecule has 19 heavy (non-hydrogen) atoms. The number of nitrogens with two attached hydrogens (primary N) is 1. The lowest BCUT2D eigenvalue weighted by Crippen LogP contribution is -2.16. The van der Waals surface area contributed by atoms with Crippen LogP contribution in [-0.4, -0.2) is 10.9 Å². The first kappa shape index (κ1) is 14.2. The Morgan fingerprint density at radius 3 is 2.68 bits per heavy atom. The number of nitrogens with one attached hydrogen (secondary N) is 1. The molecule has 0 bridgehead atoms. The van der Waals surface area contributed by atoms with E-state index in [9.17, 15) is 4.79 Å². The van der Waals surface area contributed by atoms with Gasteiger partial charge in [0.15, 0.2) is 0 Å². The van der Waals surface area contributed by atoms with Gasteiger partial charge in [0.05, 0.1) is 14.4 Å². The third-order valence-corrected chi connectivity index (χ3v) is 4.88. The molecule has 2 aromatic rings. The smallest absolute Gasteiger partial charge is 0.265 e. The predicted octanol–water partition coefficient (Wildman–Crippen LogP) is 3.71. The summed E-state index contributed by atoms with van der Waals surface area (Å²) < 4.78 is 0.959. The second-order valence-electron chi connectivity index (χ2n) is 3.93. The van der Waals surface area contributed by atoms with Crippen molar-refractivity contribution in [1.29, 1.82) is 0 Å². The number of thiophene rings is 1. The van der Waals surface area contributed by atoms with Gasteiger partial charge in [-0.1, -0.05) is 24.4 Å². The Balaban J connectivity index is 2.26. The van der Waals surface area contributed by atoms with Crippen LogP contribution in [0.25, 0.3) is 0 Å². The van der Waals surface area contributed by atoms with Gasteiger partial charge in [0, 0.05) is 5.56 Å². The van der Waals surface area contributed by atoms with Crippen molar-refractivity contribution in [3.8, 4) is 0 Å². The van der Waals surface area contributed by atoms with Crippen LogP contribution >= 0.6 is 39.5 Å². The van der Waals surface area contributed by atoms with E-state index in [1.165, 1.54) is 11.3 Å². The highest BCUT2D eigenvalue weighted by Gasteiger charge is 2.13. The summed E-state index contributed by atoms with van der Waals surface area (Å²) in [6, 6.07) is 9.06. The average Bonchev–Trinajstić information content (AvgIpc) is 2.70. The maximum atomic E-state index is 12.1. The van der Waals surface area contributed by atoms with Crippen molar-refractivity contribution < 1.29 is 4.79 Å². The molecule has 0 radical (unpaired) electrons. The molecule has 1 heterocycles. The number of carbonyl (C=O) groups excluding carboxylic acids is 1. The molecule has 3 nitrogen and oxygen atoms in total. The van der Waals surface area contributed by atoms with Crippen LogP contribution in [-0.2, 0) is 0 Å². The van der Waals surface area contributed by atoms with Gasteiger partial charge in [0.2, 0.25) is 0 Å². The van der Waals surface area contributed by atoms with Gasteiger partial charge < -0.3 is 11.1 Å². The molecule has 2 rings (SSSR count). The number of aryl methyl sites for hydroxylation is 1. The number of hydrogen-bond donors (Lipinski definition) is 2. The van der Waals surface area contributed by atoms with E-state index in [1.807, 2.05) is 25.1 Å². The molecule has 0 saturated heterocycles. The first-order chi connectivity index (χ1) is 8.99. The monoisotopic (exact) mass is 354 g/mol. The van der Waals surface area contributed by atoms with Crippen molar-refractivity contribution in [2.45, 2.75) is 6.92 Å². The van der Waals surface area contributed by atoms with E-state index in [1.54, 1.807) is 12.1 Å². The normalized spacial score (nSPS) is 10.2. The molecule has 6 heteroatoms. The van der Waals surface area contributed by atoms with E-state index in [0.717, 1.165) is 9.35 Å². The number of anilines is 1. The molecular weight excluding hydrogens is 344 g/mol. The van der Waals surface area contributed by atoms with Gasteiger partial charge in [0.1, 0.15) is 4.99 Å². The molecule has 0 spiro atoms. The molecule has 0 saturated carbocycles. The van der Waals surface area contributed by atoms with Crippen LogP contribution in [0.4, 0.5) is 5.69 Å². The number of halogens is 1. The minimum Gasteiger partial charge on any atom is -0.389 e. The van der Waals surface area contributed by atoms with Crippen molar-refractivity contribution in [2.24, 2.45) is 5.73 Å². The Morgan fingerprint density at radius 2 is 2.11 bits per heavy atom. The van der Waals surface area contributed by atoms with Gasteiger partial charge in [-0.2, -0.15) is 0 Å². The van der Waals surface area contributed by atoms with E-state index in [2.05, 4.69) is 21.2 Å². The summed E-state index contributed by atoms with van der Waals surface area (Å²) in [5.41, 5.74) is 7.96. The molecule has 1 amide bonds. The maximum Gasteiger partial charge on any atom is 0.265 e. The van der Waals surface area contributed by atoms with Gasteiger partial charge >= 0.3 is 0 Å². The molecule has 0 aliphatic heterocycles. The van der Waals surface area contributed by atoms with Crippen molar-refractivity contribution in [3.63, 3.8) is 0 Å². The predicted molar refractivity (Wildman–Crippen MR) is 87.0 cm³/mol. The summed E-state index contributed by atoms with van der Waals surface area (Å²) in [7, 11) is 0. The fourth-order valence-electron chi connectivity index (χ4n) is 1.56. The molecule has 3 N–H and O–H groups in total. The molecular formula is C13H11BrN2OS2. The molecule has 0 aliphatic rings. The van der Waals surface area contributed by atoms with Crippen LogP contribution in [0.5, 0.6) is 0 Å². The van der Waals surface area contributed by atoms with E-state index >= 15 is 0 Å². The SMILES string of the molecule is Cc1cc(C(=O)Nc2ccccc2C(N)=S)sc1Br. The molecule has 0 atom stereocenters. The second-order valence-corrected chi connectivity index (χ2v) is 6.74. The van der Waals surface area contributed by atoms with Crippen LogP contribution in [0.2, 0.25) is 0 Å². The van der Waals surface area contributed by atoms with Crippen molar-refractivity contribution in [2.75, 3.05) is 5.32 Å². The quantitative estimate of drug-likeness (QED) is 0.826. The van der Waals surface area contributed by atoms with E-state index in [4.69, 9.17) is 18.0 Å². The lowest BCUT2D eigenvalue weighted by molar-refractivity contribution is 0.103. The number of para-hydroxylation sites is 1. The average molecular weight is 355 g/mol. The lowest BCUT2D eigenvalue weighted by atomic mass is 10.1. The Hall–Kier alpha value is -1.24. The summed E-state index contributed by atoms with van der Waals surface area (Å²) >= 11 is 9.77. The molecule has 0 aliphatic carbocycles. The first-order valence-electron chi connectivity index (χ1n) is 5.45.